The smallest absolute Gasteiger partial charge is 0.210 e. The fourth-order valence-electron chi connectivity index (χ4n) is 2.27. The number of hydrogen-bond acceptors (Lipinski definition) is 0. The van der Waals surface area contributed by atoms with E-state index in [1.54, 1.807) is 6.07 Å². The second-order valence-corrected chi connectivity index (χ2v) is 4.61. The van der Waals surface area contributed by atoms with E-state index in [9.17, 15) is 8.78 Å². The minimum atomic E-state index is -2.29. The molecule has 2 rings (SSSR count). The van der Waals surface area contributed by atoms with Gasteiger partial charge in [0, 0.05) is 6.42 Å². The van der Waals surface area contributed by atoms with E-state index in [0.717, 1.165) is 21.9 Å². The van der Waals surface area contributed by atoms with E-state index < -0.39 is 6.43 Å². The van der Waals surface area contributed by atoms with Crippen LogP contribution in [0.15, 0.2) is 36.4 Å². The molecule has 0 aliphatic carbocycles. The molecule has 0 fully saturated rings. The van der Waals surface area contributed by atoms with Gasteiger partial charge in [-0.2, -0.15) is 0 Å². The fraction of sp³-hybridized carbons (Fsp3) is 0.333. The first kappa shape index (κ1) is 12.0. The van der Waals surface area contributed by atoms with Crippen molar-refractivity contribution in [3.63, 3.8) is 0 Å². The minimum Gasteiger partial charge on any atom is -0.210 e. The fourth-order valence-corrected chi connectivity index (χ4v) is 2.27. The summed E-state index contributed by atoms with van der Waals surface area (Å²) in [6.45, 7) is 4.18. The van der Waals surface area contributed by atoms with Crippen LogP contribution in [0.5, 0.6) is 0 Å². The Morgan fingerprint density at radius 1 is 1.00 bits per heavy atom. The summed E-state index contributed by atoms with van der Waals surface area (Å²) in [5.41, 5.74) is 1.90. The summed E-state index contributed by atoms with van der Waals surface area (Å²) in [6.07, 6.45) is -2.46. The summed E-state index contributed by atoms with van der Waals surface area (Å²) in [4.78, 5) is 0. The Balaban J connectivity index is 2.67. The third-order valence-electron chi connectivity index (χ3n) is 3.02. The molecule has 0 heterocycles. The largest absolute Gasteiger partial charge is 0.242 e. The molecule has 0 saturated carbocycles. The first-order valence-corrected chi connectivity index (χ1v) is 5.88. The molecule has 2 aromatic rings. The zero-order valence-electron chi connectivity index (χ0n) is 10.1. The lowest BCUT2D eigenvalue weighted by molar-refractivity contribution is 0.149. The zero-order valence-corrected chi connectivity index (χ0v) is 10.1. The van der Waals surface area contributed by atoms with Crippen LogP contribution in [0, 0.1) is 0 Å². The second kappa shape index (κ2) is 4.82. The molecular weight excluding hydrogens is 218 g/mol. The van der Waals surface area contributed by atoms with Gasteiger partial charge >= 0.3 is 0 Å². The predicted octanol–water partition coefficient (Wildman–Crippen LogP) is 4.77. The minimum absolute atomic E-state index is 0.166. The van der Waals surface area contributed by atoms with Crippen LogP contribution in [0.1, 0.15) is 30.9 Å². The standard InChI is InChI=1S/C15H16F2/c1-10(2)13-8-4-6-11-5-3-7-12(15(11)13)9-14(16)17/h3-8,10,14H,9H2,1-2H3. The van der Waals surface area contributed by atoms with Crippen LogP contribution in [0.25, 0.3) is 10.8 Å². The molecule has 0 radical (unpaired) electrons. The third kappa shape index (κ3) is 2.46. The van der Waals surface area contributed by atoms with Gasteiger partial charge in [-0.05, 0) is 27.8 Å². The highest BCUT2D eigenvalue weighted by molar-refractivity contribution is 5.89. The normalized spacial score (nSPS) is 11.6. The van der Waals surface area contributed by atoms with Crippen molar-refractivity contribution in [2.24, 2.45) is 0 Å². The number of rotatable bonds is 3. The van der Waals surface area contributed by atoms with Crippen molar-refractivity contribution >= 4 is 10.8 Å². The van der Waals surface area contributed by atoms with Crippen molar-refractivity contribution in [2.45, 2.75) is 32.6 Å². The molecule has 2 heteroatoms. The van der Waals surface area contributed by atoms with E-state index in [1.807, 2.05) is 30.3 Å². The number of hydrogen-bond donors (Lipinski definition) is 0. The van der Waals surface area contributed by atoms with Crippen molar-refractivity contribution in [3.05, 3.63) is 47.5 Å². The zero-order chi connectivity index (χ0) is 12.4. The van der Waals surface area contributed by atoms with E-state index >= 15 is 0 Å². The van der Waals surface area contributed by atoms with Gasteiger partial charge in [-0.3, -0.25) is 0 Å². The Morgan fingerprint density at radius 3 is 2.24 bits per heavy atom. The van der Waals surface area contributed by atoms with E-state index in [1.165, 1.54) is 0 Å². The van der Waals surface area contributed by atoms with Crippen LogP contribution in [-0.2, 0) is 6.42 Å². The Bertz CT molecular complexity index is 510. The summed E-state index contributed by atoms with van der Waals surface area (Å²) in [6, 6.07) is 11.6. The summed E-state index contributed by atoms with van der Waals surface area (Å²) >= 11 is 0. The molecule has 0 amide bonds. The highest BCUT2D eigenvalue weighted by Crippen LogP contribution is 2.29. The van der Waals surface area contributed by atoms with Gasteiger partial charge in [0.25, 0.3) is 0 Å². The molecule has 0 atom stereocenters. The average molecular weight is 234 g/mol. The lowest BCUT2D eigenvalue weighted by Crippen LogP contribution is -2.00. The molecular formula is C15H16F2. The molecule has 0 saturated heterocycles. The van der Waals surface area contributed by atoms with Crippen LogP contribution in [0.2, 0.25) is 0 Å². The van der Waals surface area contributed by atoms with Crippen LogP contribution in [0.4, 0.5) is 8.78 Å². The van der Waals surface area contributed by atoms with Crippen molar-refractivity contribution < 1.29 is 8.78 Å². The monoisotopic (exact) mass is 234 g/mol. The maximum atomic E-state index is 12.6. The molecule has 2 aromatic carbocycles. The maximum Gasteiger partial charge on any atom is 0.242 e. The highest BCUT2D eigenvalue weighted by atomic mass is 19.3. The first-order valence-electron chi connectivity index (χ1n) is 5.88. The van der Waals surface area contributed by atoms with Gasteiger partial charge in [-0.1, -0.05) is 50.2 Å². The van der Waals surface area contributed by atoms with E-state index in [-0.39, 0.29) is 6.42 Å². The Hall–Kier alpha value is -1.44. The van der Waals surface area contributed by atoms with Gasteiger partial charge in [0.05, 0.1) is 0 Å². The summed E-state index contributed by atoms with van der Waals surface area (Å²) < 4.78 is 25.2. The second-order valence-electron chi connectivity index (χ2n) is 4.61. The molecule has 0 aliphatic rings. The van der Waals surface area contributed by atoms with Gasteiger partial charge < -0.3 is 0 Å². The molecule has 0 nitrogen and oxygen atoms in total. The summed E-state index contributed by atoms with van der Waals surface area (Å²) in [7, 11) is 0. The number of benzene rings is 2. The van der Waals surface area contributed by atoms with Crippen molar-refractivity contribution in [2.75, 3.05) is 0 Å². The topological polar surface area (TPSA) is 0 Å². The van der Waals surface area contributed by atoms with Crippen LogP contribution < -0.4 is 0 Å². The third-order valence-corrected chi connectivity index (χ3v) is 3.02. The van der Waals surface area contributed by atoms with Gasteiger partial charge in [0.1, 0.15) is 0 Å². The molecule has 0 unspecified atom stereocenters. The maximum absolute atomic E-state index is 12.6. The molecule has 0 spiro atoms. The summed E-state index contributed by atoms with van der Waals surface area (Å²) in [5.74, 6) is 0.345. The van der Waals surface area contributed by atoms with Gasteiger partial charge in [-0.15, -0.1) is 0 Å². The molecule has 90 valence electrons. The molecule has 0 bridgehead atoms. The Kier molecular flexibility index (Phi) is 3.41. The van der Waals surface area contributed by atoms with Gasteiger partial charge in [0.2, 0.25) is 6.43 Å². The van der Waals surface area contributed by atoms with Gasteiger partial charge in [0.15, 0.2) is 0 Å². The van der Waals surface area contributed by atoms with E-state index in [4.69, 9.17) is 0 Å². The SMILES string of the molecule is CC(C)c1cccc2cccc(CC(F)F)c12. The first-order chi connectivity index (χ1) is 8.09. The number of fused-ring (bicyclic) bond motifs is 1. The van der Waals surface area contributed by atoms with E-state index in [2.05, 4.69) is 13.8 Å². The van der Waals surface area contributed by atoms with Crippen molar-refractivity contribution in [3.8, 4) is 0 Å². The Labute approximate surface area is 100 Å². The van der Waals surface area contributed by atoms with E-state index in [0.29, 0.717) is 5.92 Å². The van der Waals surface area contributed by atoms with Crippen LogP contribution >= 0.6 is 0 Å². The predicted molar refractivity (Wildman–Crippen MR) is 67.7 cm³/mol. The van der Waals surface area contributed by atoms with Crippen molar-refractivity contribution in [1.29, 1.82) is 0 Å². The molecule has 17 heavy (non-hydrogen) atoms. The van der Waals surface area contributed by atoms with Crippen molar-refractivity contribution in [1.82, 2.24) is 0 Å². The quantitative estimate of drug-likeness (QED) is 0.717. The highest BCUT2D eigenvalue weighted by Gasteiger charge is 2.12. The summed E-state index contributed by atoms with van der Waals surface area (Å²) in [5, 5.41) is 2.06. The average Bonchev–Trinajstić information content (AvgIpc) is 2.27. The number of alkyl halides is 2. The van der Waals surface area contributed by atoms with Gasteiger partial charge in [-0.25, -0.2) is 8.78 Å². The Morgan fingerprint density at radius 2 is 1.65 bits per heavy atom. The molecule has 0 N–H and O–H groups in total. The molecule has 0 aliphatic heterocycles. The number of halogens is 2. The molecule has 0 aromatic heterocycles. The van der Waals surface area contributed by atoms with Crippen LogP contribution in [-0.4, -0.2) is 6.43 Å². The lowest BCUT2D eigenvalue weighted by atomic mass is 9.92. The lowest BCUT2D eigenvalue weighted by Gasteiger charge is -2.14. The van der Waals surface area contributed by atoms with Crippen LogP contribution in [0.3, 0.4) is 0 Å².